The molecule has 14 heavy (non-hydrogen) atoms. The van der Waals surface area contributed by atoms with Crippen LogP contribution in [0.5, 0.6) is 0 Å². The van der Waals surface area contributed by atoms with E-state index >= 15 is 0 Å². The highest BCUT2D eigenvalue weighted by atomic mass is 19.1. The number of nitrogens with zero attached hydrogens (tertiary/aromatic N) is 2. The molecule has 0 amide bonds. The van der Waals surface area contributed by atoms with E-state index in [0.717, 1.165) is 52.1 Å². The zero-order chi connectivity index (χ0) is 10.4. The second-order valence-corrected chi connectivity index (χ2v) is 4.04. The van der Waals surface area contributed by atoms with Gasteiger partial charge in [-0.3, -0.25) is 0 Å². The zero-order valence-corrected chi connectivity index (χ0v) is 9.51. The van der Waals surface area contributed by atoms with Gasteiger partial charge in [-0.1, -0.05) is 13.8 Å². The lowest BCUT2D eigenvalue weighted by molar-refractivity contribution is 0.136. The highest BCUT2D eigenvalue weighted by Gasteiger charge is 2.17. The second-order valence-electron chi connectivity index (χ2n) is 4.04. The monoisotopic (exact) mass is 202 g/mol. The Morgan fingerprint density at radius 3 is 2.29 bits per heavy atom. The van der Waals surface area contributed by atoms with Gasteiger partial charge in [0, 0.05) is 26.2 Å². The molecular weight excluding hydrogens is 179 g/mol. The molecule has 1 aliphatic heterocycles. The van der Waals surface area contributed by atoms with Crippen LogP contribution in [0.4, 0.5) is 4.39 Å². The van der Waals surface area contributed by atoms with Gasteiger partial charge in [-0.25, -0.2) is 4.39 Å². The number of hydrogen-bond acceptors (Lipinski definition) is 2. The summed E-state index contributed by atoms with van der Waals surface area (Å²) < 4.78 is 12.9. The fraction of sp³-hybridized carbons (Fsp3) is 1.00. The maximum absolute atomic E-state index is 12.9. The molecule has 1 rings (SSSR count). The van der Waals surface area contributed by atoms with E-state index in [0.29, 0.717) is 0 Å². The van der Waals surface area contributed by atoms with Crippen LogP contribution < -0.4 is 0 Å². The van der Waals surface area contributed by atoms with Crippen molar-refractivity contribution in [1.82, 2.24) is 9.80 Å². The average Bonchev–Trinajstić information content (AvgIpc) is 2.22. The van der Waals surface area contributed by atoms with Gasteiger partial charge < -0.3 is 9.80 Å². The molecule has 0 aromatic carbocycles. The molecule has 0 aromatic rings. The third kappa shape index (κ3) is 3.93. The van der Waals surface area contributed by atoms with Crippen LogP contribution in [-0.2, 0) is 0 Å². The average molecular weight is 202 g/mol. The first-order chi connectivity index (χ1) is 6.76. The summed E-state index contributed by atoms with van der Waals surface area (Å²) >= 11 is 0. The molecule has 0 radical (unpaired) electrons. The Kier molecular flexibility index (Phi) is 5.41. The Hall–Kier alpha value is -0.150. The normalized spacial score (nSPS) is 20.6. The van der Waals surface area contributed by atoms with Gasteiger partial charge in [0.05, 0.1) is 0 Å². The van der Waals surface area contributed by atoms with Gasteiger partial charge in [-0.05, 0) is 25.9 Å². The first kappa shape index (κ1) is 11.9. The van der Waals surface area contributed by atoms with Gasteiger partial charge in [0.2, 0.25) is 0 Å². The standard InChI is InChI=1S/C11H23FN2/c1-3-13(4-2)9-10-14-7-5-11(12)6-8-14/h11H,3-10H2,1-2H3. The molecule has 0 bridgehead atoms. The minimum absolute atomic E-state index is 0.542. The lowest BCUT2D eigenvalue weighted by Crippen LogP contribution is -2.40. The summed E-state index contributed by atoms with van der Waals surface area (Å²) in [5.41, 5.74) is 0. The molecule has 3 heteroatoms. The zero-order valence-electron chi connectivity index (χ0n) is 9.51. The smallest absolute Gasteiger partial charge is 0.103 e. The van der Waals surface area contributed by atoms with E-state index in [1.165, 1.54) is 0 Å². The summed E-state index contributed by atoms with van der Waals surface area (Å²) in [6.45, 7) is 10.8. The number of halogens is 1. The predicted octanol–water partition coefficient (Wildman–Crippen LogP) is 1.76. The molecular formula is C11H23FN2. The molecule has 1 saturated heterocycles. The van der Waals surface area contributed by atoms with Crippen molar-refractivity contribution in [2.45, 2.75) is 32.9 Å². The van der Waals surface area contributed by atoms with Crippen molar-refractivity contribution in [3.05, 3.63) is 0 Å². The van der Waals surface area contributed by atoms with Crippen molar-refractivity contribution in [2.24, 2.45) is 0 Å². The molecule has 0 saturated carbocycles. The van der Waals surface area contributed by atoms with Crippen LogP contribution in [0.25, 0.3) is 0 Å². The highest BCUT2D eigenvalue weighted by Crippen LogP contribution is 2.12. The van der Waals surface area contributed by atoms with E-state index in [9.17, 15) is 4.39 Å². The Bertz CT molecular complexity index is 140. The van der Waals surface area contributed by atoms with Crippen molar-refractivity contribution < 1.29 is 4.39 Å². The number of hydrogen-bond donors (Lipinski definition) is 0. The molecule has 0 spiro atoms. The summed E-state index contributed by atoms with van der Waals surface area (Å²) in [6.07, 6.45) is 0.927. The van der Waals surface area contributed by atoms with Gasteiger partial charge in [-0.15, -0.1) is 0 Å². The van der Waals surface area contributed by atoms with Crippen LogP contribution in [0.1, 0.15) is 26.7 Å². The molecule has 1 heterocycles. The van der Waals surface area contributed by atoms with E-state index in [4.69, 9.17) is 0 Å². The van der Waals surface area contributed by atoms with E-state index in [-0.39, 0.29) is 0 Å². The molecule has 84 valence electrons. The van der Waals surface area contributed by atoms with Crippen molar-refractivity contribution in [1.29, 1.82) is 0 Å². The van der Waals surface area contributed by atoms with E-state index in [2.05, 4.69) is 23.6 Å². The largest absolute Gasteiger partial charge is 0.303 e. The van der Waals surface area contributed by atoms with Crippen LogP contribution in [0.3, 0.4) is 0 Å². The summed E-state index contributed by atoms with van der Waals surface area (Å²) in [6, 6.07) is 0. The van der Waals surface area contributed by atoms with Crippen LogP contribution >= 0.6 is 0 Å². The fourth-order valence-corrected chi connectivity index (χ4v) is 1.95. The van der Waals surface area contributed by atoms with Crippen LogP contribution in [0, 0.1) is 0 Å². The molecule has 0 unspecified atom stereocenters. The van der Waals surface area contributed by atoms with Crippen LogP contribution in [-0.4, -0.2) is 55.2 Å². The van der Waals surface area contributed by atoms with Gasteiger partial charge in [0.25, 0.3) is 0 Å². The Morgan fingerprint density at radius 2 is 1.79 bits per heavy atom. The van der Waals surface area contributed by atoms with E-state index in [1.54, 1.807) is 0 Å². The van der Waals surface area contributed by atoms with Gasteiger partial charge in [-0.2, -0.15) is 0 Å². The molecule has 0 atom stereocenters. The Labute approximate surface area is 87.1 Å². The third-order valence-electron chi connectivity index (χ3n) is 3.14. The molecule has 1 aliphatic rings. The van der Waals surface area contributed by atoms with Crippen molar-refractivity contribution in [3.8, 4) is 0 Å². The lowest BCUT2D eigenvalue weighted by Gasteiger charge is -2.30. The molecule has 1 fully saturated rings. The molecule has 0 aliphatic carbocycles. The Balaban J connectivity index is 2.12. The highest BCUT2D eigenvalue weighted by molar-refractivity contribution is 4.72. The Morgan fingerprint density at radius 1 is 1.21 bits per heavy atom. The third-order valence-corrected chi connectivity index (χ3v) is 3.14. The topological polar surface area (TPSA) is 6.48 Å². The van der Waals surface area contributed by atoms with E-state index < -0.39 is 6.17 Å². The minimum atomic E-state index is -0.542. The van der Waals surface area contributed by atoms with Gasteiger partial charge >= 0.3 is 0 Å². The summed E-state index contributed by atoms with van der Waals surface area (Å²) in [4.78, 5) is 4.80. The van der Waals surface area contributed by atoms with Crippen LogP contribution in [0.2, 0.25) is 0 Å². The number of piperidine rings is 1. The first-order valence-electron chi connectivity index (χ1n) is 5.85. The fourth-order valence-electron chi connectivity index (χ4n) is 1.95. The maximum atomic E-state index is 12.9. The summed E-state index contributed by atoms with van der Waals surface area (Å²) in [7, 11) is 0. The number of likely N-dealkylation sites (N-methyl/N-ethyl adjacent to an activating group) is 1. The quantitative estimate of drug-likeness (QED) is 0.670. The van der Waals surface area contributed by atoms with Crippen molar-refractivity contribution in [2.75, 3.05) is 39.3 Å². The van der Waals surface area contributed by atoms with Gasteiger partial charge in [0.1, 0.15) is 6.17 Å². The minimum Gasteiger partial charge on any atom is -0.303 e. The first-order valence-corrected chi connectivity index (χ1v) is 5.85. The summed E-state index contributed by atoms with van der Waals surface area (Å²) in [5, 5.41) is 0. The SMILES string of the molecule is CCN(CC)CCN1CCC(F)CC1. The van der Waals surface area contributed by atoms with Gasteiger partial charge in [0.15, 0.2) is 0 Å². The van der Waals surface area contributed by atoms with E-state index in [1.807, 2.05) is 0 Å². The van der Waals surface area contributed by atoms with Crippen molar-refractivity contribution in [3.63, 3.8) is 0 Å². The molecule has 2 nitrogen and oxygen atoms in total. The summed E-state index contributed by atoms with van der Waals surface area (Å²) in [5.74, 6) is 0. The van der Waals surface area contributed by atoms with Crippen LogP contribution in [0.15, 0.2) is 0 Å². The maximum Gasteiger partial charge on any atom is 0.103 e. The molecule has 0 N–H and O–H groups in total. The number of rotatable bonds is 5. The van der Waals surface area contributed by atoms with Crippen molar-refractivity contribution >= 4 is 0 Å². The molecule has 0 aromatic heterocycles. The second kappa shape index (κ2) is 6.36. The number of alkyl halides is 1. The predicted molar refractivity (Wildman–Crippen MR) is 58.4 cm³/mol. The lowest BCUT2D eigenvalue weighted by atomic mass is 10.1. The number of likely N-dealkylation sites (tertiary alicyclic amines) is 1.